The minimum atomic E-state index is -4.19. The van der Waals surface area contributed by atoms with Crippen LogP contribution >= 0.6 is 0 Å². The maximum absolute atomic E-state index is 12.9. The van der Waals surface area contributed by atoms with Crippen molar-refractivity contribution in [3.8, 4) is 11.5 Å². The monoisotopic (exact) mass is 506 g/mol. The van der Waals surface area contributed by atoms with Gasteiger partial charge < -0.3 is 28.6 Å². The van der Waals surface area contributed by atoms with Gasteiger partial charge in [0.05, 0.1) is 13.2 Å². The highest BCUT2D eigenvalue weighted by atomic mass is 32.2. The molecule has 0 aliphatic carbocycles. The number of hydrogen-bond acceptors (Lipinski definition) is 8. The molecule has 10 nitrogen and oxygen atoms in total. The van der Waals surface area contributed by atoms with E-state index in [1.165, 1.54) is 51.5 Å². The molecule has 0 spiro atoms. The zero-order valence-electron chi connectivity index (χ0n) is 20.0. The van der Waals surface area contributed by atoms with Crippen molar-refractivity contribution in [3.05, 3.63) is 48.0 Å². The number of methoxy groups -OCH3 is 2. The van der Waals surface area contributed by atoms with Gasteiger partial charge in [0.25, 0.3) is 0 Å². The van der Waals surface area contributed by atoms with Gasteiger partial charge in [-0.1, -0.05) is 6.07 Å². The normalized spacial score (nSPS) is 15.5. The topological polar surface area (TPSA) is 120 Å². The minimum Gasteiger partial charge on any atom is -0.493 e. The molecule has 1 fully saturated rings. The Labute approximate surface area is 205 Å². The van der Waals surface area contributed by atoms with Crippen LogP contribution in [0.1, 0.15) is 25.3 Å². The minimum absolute atomic E-state index is 0.00723. The van der Waals surface area contributed by atoms with Crippen LogP contribution in [0.5, 0.6) is 11.5 Å². The van der Waals surface area contributed by atoms with Gasteiger partial charge in [0.15, 0.2) is 11.5 Å². The van der Waals surface area contributed by atoms with Crippen molar-refractivity contribution in [2.45, 2.75) is 37.3 Å². The SMILES string of the molecule is COCC(=O)N(Cc1ccc(OC)c(OS(=O)(=O)c2ccc(NC(C)=O)cc2)c1)C[C@@H]1CCCO1. The Morgan fingerprint density at radius 1 is 1.11 bits per heavy atom. The van der Waals surface area contributed by atoms with E-state index < -0.39 is 10.1 Å². The van der Waals surface area contributed by atoms with E-state index in [2.05, 4.69) is 5.32 Å². The largest absolute Gasteiger partial charge is 0.493 e. The summed E-state index contributed by atoms with van der Waals surface area (Å²) in [4.78, 5) is 25.3. The quantitative estimate of drug-likeness (QED) is 0.462. The number of ether oxygens (including phenoxy) is 3. The van der Waals surface area contributed by atoms with Gasteiger partial charge in [0.2, 0.25) is 11.8 Å². The lowest BCUT2D eigenvalue weighted by Gasteiger charge is -2.25. The third-order valence-corrected chi connectivity index (χ3v) is 6.58. The van der Waals surface area contributed by atoms with Crippen molar-refractivity contribution in [2.24, 2.45) is 0 Å². The summed E-state index contributed by atoms with van der Waals surface area (Å²) in [7, 11) is -1.33. The van der Waals surface area contributed by atoms with Crippen LogP contribution in [0.2, 0.25) is 0 Å². The summed E-state index contributed by atoms with van der Waals surface area (Å²) in [6.07, 6.45) is 1.76. The summed E-state index contributed by atoms with van der Waals surface area (Å²) in [5.74, 6) is -0.252. The van der Waals surface area contributed by atoms with E-state index in [1.54, 1.807) is 17.0 Å². The van der Waals surface area contributed by atoms with Crippen LogP contribution < -0.4 is 14.2 Å². The van der Waals surface area contributed by atoms with E-state index in [4.69, 9.17) is 18.4 Å². The number of anilines is 1. The van der Waals surface area contributed by atoms with Crippen LogP contribution in [0.15, 0.2) is 47.4 Å². The molecule has 2 amide bonds. The van der Waals surface area contributed by atoms with E-state index in [0.29, 0.717) is 24.4 Å². The van der Waals surface area contributed by atoms with Gasteiger partial charge in [-0.3, -0.25) is 9.59 Å². The van der Waals surface area contributed by atoms with Gasteiger partial charge in [0, 0.05) is 39.4 Å². The molecule has 1 aliphatic rings. The third kappa shape index (κ3) is 7.41. The molecular weight excluding hydrogens is 476 g/mol. The molecule has 0 aromatic heterocycles. The fourth-order valence-electron chi connectivity index (χ4n) is 3.68. The number of benzene rings is 2. The van der Waals surface area contributed by atoms with Crippen LogP contribution in [-0.4, -0.2) is 65.2 Å². The van der Waals surface area contributed by atoms with Crippen molar-refractivity contribution in [1.29, 1.82) is 0 Å². The molecule has 1 atom stereocenters. The predicted octanol–water partition coefficient (Wildman–Crippen LogP) is 2.58. The van der Waals surface area contributed by atoms with Gasteiger partial charge in [-0.25, -0.2) is 0 Å². The van der Waals surface area contributed by atoms with E-state index in [1.807, 2.05) is 0 Å². The molecule has 0 bridgehead atoms. The third-order valence-electron chi connectivity index (χ3n) is 5.33. The molecule has 2 aromatic carbocycles. The van der Waals surface area contributed by atoms with E-state index in [0.717, 1.165) is 12.8 Å². The first-order valence-electron chi connectivity index (χ1n) is 11.1. The fraction of sp³-hybridized carbons (Fsp3) is 0.417. The molecule has 0 saturated carbocycles. The van der Waals surface area contributed by atoms with E-state index >= 15 is 0 Å². The molecule has 1 N–H and O–H groups in total. The Kier molecular flexibility index (Phi) is 9.07. The van der Waals surface area contributed by atoms with Crippen LogP contribution in [0.25, 0.3) is 0 Å². The van der Waals surface area contributed by atoms with Crippen molar-refractivity contribution >= 4 is 27.6 Å². The first kappa shape index (κ1) is 26.5. The summed E-state index contributed by atoms with van der Waals surface area (Å²) in [5.41, 5.74) is 1.11. The second-order valence-corrected chi connectivity index (χ2v) is 9.62. The zero-order valence-corrected chi connectivity index (χ0v) is 20.8. The predicted molar refractivity (Wildman–Crippen MR) is 128 cm³/mol. The number of hydrogen-bond donors (Lipinski definition) is 1. The average Bonchev–Trinajstić information content (AvgIpc) is 3.32. The molecule has 11 heteroatoms. The number of amides is 2. The summed E-state index contributed by atoms with van der Waals surface area (Å²) in [6, 6.07) is 10.5. The Morgan fingerprint density at radius 2 is 1.86 bits per heavy atom. The van der Waals surface area contributed by atoms with Crippen LogP contribution in [0.3, 0.4) is 0 Å². The summed E-state index contributed by atoms with van der Waals surface area (Å²) in [5, 5.41) is 2.58. The number of nitrogens with zero attached hydrogens (tertiary/aromatic N) is 1. The lowest BCUT2D eigenvalue weighted by Crippen LogP contribution is -2.38. The van der Waals surface area contributed by atoms with Crippen molar-refractivity contribution in [1.82, 2.24) is 4.90 Å². The van der Waals surface area contributed by atoms with Crippen LogP contribution in [-0.2, 0) is 35.7 Å². The molecule has 1 saturated heterocycles. The molecule has 1 aliphatic heterocycles. The Balaban J connectivity index is 1.81. The highest BCUT2D eigenvalue weighted by Crippen LogP contribution is 2.32. The molecule has 3 rings (SSSR count). The second-order valence-electron chi connectivity index (χ2n) is 8.07. The molecule has 190 valence electrons. The van der Waals surface area contributed by atoms with Gasteiger partial charge in [-0.05, 0) is 54.8 Å². The van der Waals surface area contributed by atoms with E-state index in [9.17, 15) is 18.0 Å². The number of carbonyl (C=O) groups excluding carboxylic acids is 2. The second kappa shape index (κ2) is 12.0. The van der Waals surface area contributed by atoms with Gasteiger partial charge in [0.1, 0.15) is 11.5 Å². The summed E-state index contributed by atoms with van der Waals surface area (Å²) < 4.78 is 47.2. The standard InChI is InChI=1S/C24H30N2O8S/c1-17(27)25-19-7-9-21(10-8-19)35(29,30)34-23-13-18(6-11-22(23)32-3)14-26(24(28)16-31-2)15-20-5-4-12-33-20/h6-11,13,20H,4-5,12,14-16H2,1-3H3,(H,25,27)/t20-/m0/s1. The Morgan fingerprint density at radius 3 is 2.46 bits per heavy atom. The lowest BCUT2D eigenvalue weighted by atomic mass is 10.1. The van der Waals surface area contributed by atoms with Crippen molar-refractivity contribution < 1.29 is 36.4 Å². The Bertz CT molecular complexity index is 1130. The molecular formula is C24H30N2O8S. The van der Waals surface area contributed by atoms with Crippen LogP contribution in [0, 0.1) is 0 Å². The van der Waals surface area contributed by atoms with Crippen molar-refractivity contribution in [3.63, 3.8) is 0 Å². The first-order chi connectivity index (χ1) is 16.7. The fourth-order valence-corrected chi connectivity index (χ4v) is 4.62. The van der Waals surface area contributed by atoms with Gasteiger partial charge >= 0.3 is 10.1 Å². The van der Waals surface area contributed by atoms with Gasteiger partial charge in [-0.15, -0.1) is 0 Å². The maximum Gasteiger partial charge on any atom is 0.339 e. The maximum atomic E-state index is 12.9. The first-order valence-corrected chi connectivity index (χ1v) is 12.5. The molecule has 35 heavy (non-hydrogen) atoms. The number of rotatable bonds is 11. The Hall–Kier alpha value is -3.15. The average molecular weight is 507 g/mol. The van der Waals surface area contributed by atoms with Gasteiger partial charge in [-0.2, -0.15) is 8.42 Å². The summed E-state index contributed by atoms with van der Waals surface area (Å²) in [6.45, 7) is 2.57. The number of carbonyl (C=O) groups is 2. The van der Waals surface area contributed by atoms with Crippen LogP contribution in [0.4, 0.5) is 5.69 Å². The highest BCUT2D eigenvalue weighted by molar-refractivity contribution is 7.87. The van der Waals surface area contributed by atoms with E-state index in [-0.39, 0.29) is 47.5 Å². The molecule has 0 unspecified atom stereocenters. The molecule has 2 aromatic rings. The van der Waals surface area contributed by atoms with Crippen molar-refractivity contribution in [2.75, 3.05) is 39.3 Å². The zero-order chi connectivity index (χ0) is 25.4. The number of nitrogens with one attached hydrogen (secondary N) is 1. The molecule has 1 heterocycles. The smallest absolute Gasteiger partial charge is 0.339 e. The highest BCUT2D eigenvalue weighted by Gasteiger charge is 2.24. The summed E-state index contributed by atoms with van der Waals surface area (Å²) >= 11 is 0. The lowest BCUT2D eigenvalue weighted by molar-refractivity contribution is -0.137. The molecule has 0 radical (unpaired) electrons.